The molecule has 1 aliphatic rings. The summed E-state index contributed by atoms with van der Waals surface area (Å²) in [5.74, 6) is -5.80. The molecule has 0 radical (unpaired) electrons. The Morgan fingerprint density at radius 1 is 0.925 bits per heavy atom. The number of aliphatic carboxylic acids is 1. The molecule has 1 aliphatic heterocycles. The Bertz CT molecular complexity index is 1560. The summed E-state index contributed by atoms with van der Waals surface area (Å²) >= 11 is 0. The summed E-state index contributed by atoms with van der Waals surface area (Å²) in [5.41, 5.74) is 3.34. The molecule has 1 unspecified atom stereocenters. The molecule has 3 atom stereocenters. The lowest BCUT2D eigenvalue weighted by molar-refractivity contribution is -0.171. The van der Waals surface area contributed by atoms with Gasteiger partial charge in [-0.15, -0.1) is 0 Å². The summed E-state index contributed by atoms with van der Waals surface area (Å²) in [5, 5.41) is 19.8. The van der Waals surface area contributed by atoms with Crippen molar-refractivity contribution in [1.29, 1.82) is 0 Å². The highest BCUT2D eigenvalue weighted by Gasteiger charge is 2.45. The molecule has 290 valence electrons. The van der Waals surface area contributed by atoms with Crippen molar-refractivity contribution in [3.63, 3.8) is 0 Å². The number of urea groups is 1. The highest BCUT2D eigenvalue weighted by Crippen LogP contribution is 2.21. The largest absolute Gasteiger partial charge is 0.511 e. The second-order valence-corrected chi connectivity index (χ2v) is 13.0. The SMILES string of the molecule is CCC(=O)NC(CC(C)C)(OC(=O)OCc1ccc(C(=O)[C@H](CCCNC(N)=O)NC(=O)[C@@H](NC(=O)CCN2C(=O)C=CC2=O)C(C)C)cc1)C(=O)O. The van der Waals surface area contributed by atoms with Crippen LogP contribution in [0.3, 0.4) is 0 Å². The first-order valence-corrected chi connectivity index (χ1v) is 17.1. The number of nitrogens with two attached hydrogens (primary N) is 1. The minimum absolute atomic E-state index is 0.0500. The van der Waals surface area contributed by atoms with Crippen LogP contribution in [0.4, 0.5) is 9.59 Å². The second kappa shape index (κ2) is 20.3. The molecule has 18 nitrogen and oxygen atoms in total. The van der Waals surface area contributed by atoms with Crippen LogP contribution in [0, 0.1) is 11.8 Å². The van der Waals surface area contributed by atoms with Crippen LogP contribution in [-0.2, 0) is 44.8 Å². The maximum Gasteiger partial charge on any atom is 0.511 e. The molecule has 0 aromatic heterocycles. The number of benzene rings is 1. The molecule has 0 saturated heterocycles. The fourth-order valence-corrected chi connectivity index (χ4v) is 5.17. The Morgan fingerprint density at radius 2 is 1.55 bits per heavy atom. The van der Waals surface area contributed by atoms with Gasteiger partial charge < -0.3 is 41.6 Å². The molecule has 1 heterocycles. The van der Waals surface area contributed by atoms with Crippen molar-refractivity contribution in [2.24, 2.45) is 17.6 Å². The zero-order valence-electron chi connectivity index (χ0n) is 30.4. The van der Waals surface area contributed by atoms with Crippen molar-refractivity contribution in [3.05, 3.63) is 47.5 Å². The van der Waals surface area contributed by atoms with Gasteiger partial charge >= 0.3 is 18.2 Å². The number of hydrogen-bond acceptors (Lipinski definition) is 11. The normalized spacial score (nSPS) is 14.6. The predicted molar refractivity (Wildman–Crippen MR) is 186 cm³/mol. The molecule has 0 saturated carbocycles. The van der Waals surface area contributed by atoms with Crippen LogP contribution in [0.2, 0.25) is 0 Å². The molecule has 0 bridgehead atoms. The summed E-state index contributed by atoms with van der Waals surface area (Å²) < 4.78 is 10.2. The Kier molecular flexibility index (Phi) is 16.6. The fourth-order valence-electron chi connectivity index (χ4n) is 5.17. The van der Waals surface area contributed by atoms with E-state index in [1.807, 2.05) is 0 Å². The van der Waals surface area contributed by atoms with Gasteiger partial charge in [0.1, 0.15) is 12.6 Å². The van der Waals surface area contributed by atoms with Gasteiger partial charge in [0.2, 0.25) is 17.7 Å². The lowest BCUT2D eigenvalue weighted by atomic mass is 9.97. The van der Waals surface area contributed by atoms with Gasteiger partial charge in [-0.25, -0.2) is 14.4 Å². The summed E-state index contributed by atoms with van der Waals surface area (Å²) in [4.78, 5) is 112. The van der Waals surface area contributed by atoms with Crippen LogP contribution in [0.5, 0.6) is 0 Å². The lowest BCUT2D eigenvalue weighted by Gasteiger charge is -2.30. The van der Waals surface area contributed by atoms with E-state index in [0.29, 0.717) is 5.56 Å². The number of primary amides is 1. The molecule has 53 heavy (non-hydrogen) atoms. The zero-order chi connectivity index (χ0) is 39.9. The molecular formula is C35H48N6O12. The molecule has 1 aromatic rings. The van der Waals surface area contributed by atoms with Crippen LogP contribution >= 0.6 is 0 Å². The summed E-state index contributed by atoms with van der Waals surface area (Å²) in [6.45, 7) is 7.79. The minimum atomic E-state index is -2.34. The fraction of sp³-hybridized carbons (Fsp3) is 0.514. The van der Waals surface area contributed by atoms with Crippen molar-refractivity contribution in [1.82, 2.24) is 26.2 Å². The van der Waals surface area contributed by atoms with E-state index >= 15 is 0 Å². The van der Waals surface area contributed by atoms with E-state index in [-0.39, 0.29) is 63.3 Å². The van der Waals surface area contributed by atoms with Crippen LogP contribution < -0.4 is 27.0 Å². The van der Waals surface area contributed by atoms with E-state index in [1.54, 1.807) is 27.7 Å². The Balaban J connectivity index is 2.14. The number of ketones is 1. The van der Waals surface area contributed by atoms with Gasteiger partial charge in [0.25, 0.3) is 17.5 Å². The summed E-state index contributed by atoms with van der Waals surface area (Å²) in [7, 11) is 0. The molecular weight excluding hydrogens is 696 g/mol. The van der Waals surface area contributed by atoms with E-state index in [9.17, 15) is 48.3 Å². The number of carboxylic acids is 1. The molecule has 0 aliphatic carbocycles. The first-order valence-electron chi connectivity index (χ1n) is 17.1. The Morgan fingerprint density at radius 3 is 2.08 bits per heavy atom. The smallest absolute Gasteiger partial charge is 0.477 e. The molecule has 7 amide bonds. The third-order valence-electron chi connectivity index (χ3n) is 7.89. The van der Waals surface area contributed by atoms with Crippen LogP contribution in [0.15, 0.2) is 36.4 Å². The van der Waals surface area contributed by atoms with Crippen LogP contribution in [0.25, 0.3) is 0 Å². The van der Waals surface area contributed by atoms with Crippen LogP contribution in [0.1, 0.15) is 82.6 Å². The standard InChI is InChI=1S/C35H48N6O12/c1-6-25(42)40-35(32(48)49,18-20(2)3)53-34(51)52-19-22-9-11-23(12-10-22)30(46)24(8-7-16-37-33(36)50)38-31(47)29(21(4)5)39-26(43)15-17-41-27(44)13-14-28(41)45/h9-14,20-21,24,29H,6-8,15-19H2,1-5H3,(H,38,47)(H,39,43)(H,40,42)(H,48,49)(H3,36,37,50)/t24-,29-,35?/m0/s1. The third-order valence-corrected chi connectivity index (χ3v) is 7.89. The molecule has 1 aromatic carbocycles. The Labute approximate surface area is 306 Å². The van der Waals surface area contributed by atoms with E-state index in [1.165, 1.54) is 31.2 Å². The topological polar surface area (TPSA) is 270 Å². The van der Waals surface area contributed by atoms with E-state index in [2.05, 4.69) is 21.3 Å². The first kappa shape index (κ1) is 43.4. The third kappa shape index (κ3) is 13.7. The first-order chi connectivity index (χ1) is 24.9. The highest BCUT2D eigenvalue weighted by atomic mass is 16.7. The van der Waals surface area contributed by atoms with E-state index < -0.39 is 77.2 Å². The highest BCUT2D eigenvalue weighted by molar-refractivity contribution is 6.13. The van der Waals surface area contributed by atoms with Gasteiger partial charge in [-0.3, -0.25) is 33.7 Å². The number of nitrogens with one attached hydrogen (secondary N) is 4. The predicted octanol–water partition coefficient (Wildman–Crippen LogP) is 1.26. The summed E-state index contributed by atoms with van der Waals surface area (Å²) in [6.07, 6.45) is 0.633. The number of ether oxygens (including phenoxy) is 2. The van der Waals surface area contributed by atoms with Crippen LogP contribution in [-0.4, -0.2) is 94.4 Å². The van der Waals surface area contributed by atoms with Gasteiger partial charge in [-0.1, -0.05) is 58.9 Å². The van der Waals surface area contributed by atoms with Gasteiger partial charge in [0.15, 0.2) is 5.78 Å². The van der Waals surface area contributed by atoms with Crippen molar-refractivity contribution >= 4 is 53.5 Å². The van der Waals surface area contributed by atoms with Gasteiger partial charge in [-0.2, -0.15) is 0 Å². The molecule has 0 spiro atoms. The minimum Gasteiger partial charge on any atom is -0.477 e. The number of carboxylic acid groups (broad SMARTS) is 1. The quantitative estimate of drug-likeness (QED) is 0.0342. The van der Waals surface area contributed by atoms with E-state index in [4.69, 9.17) is 15.2 Å². The van der Waals surface area contributed by atoms with Crippen molar-refractivity contribution in [3.8, 4) is 0 Å². The lowest BCUT2D eigenvalue weighted by Crippen LogP contribution is -2.58. The van der Waals surface area contributed by atoms with Gasteiger partial charge in [-0.05, 0) is 30.2 Å². The number of amides is 7. The number of carbonyl (C=O) groups excluding carboxylic acids is 8. The van der Waals surface area contributed by atoms with Gasteiger partial charge in [0.05, 0.1) is 6.04 Å². The van der Waals surface area contributed by atoms with Crippen molar-refractivity contribution in [2.45, 2.75) is 91.1 Å². The van der Waals surface area contributed by atoms with Gasteiger partial charge in [0, 0.05) is 50.1 Å². The number of carbonyl (C=O) groups is 9. The zero-order valence-corrected chi connectivity index (χ0v) is 30.4. The average Bonchev–Trinajstić information content (AvgIpc) is 3.41. The number of hydrogen-bond donors (Lipinski definition) is 6. The molecule has 18 heteroatoms. The van der Waals surface area contributed by atoms with Crippen molar-refractivity contribution in [2.75, 3.05) is 13.1 Å². The Hall–Kier alpha value is -5.81. The maximum atomic E-state index is 13.6. The maximum absolute atomic E-state index is 13.6. The monoisotopic (exact) mass is 744 g/mol. The number of rotatable bonds is 21. The van der Waals surface area contributed by atoms with E-state index in [0.717, 1.165) is 17.1 Å². The number of Topliss-reactive ketones (excluding diaryl/α,β-unsaturated/α-hetero) is 1. The number of imide groups is 1. The average molecular weight is 745 g/mol. The molecule has 0 fully saturated rings. The second-order valence-electron chi connectivity index (χ2n) is 13.0. The molecule has 2 rings (SSSR count). The number of nitrogens with zero attached hydrogens (tertiary/aromatic N) is 1. The van der Waals surface area contributed by atoms with Crippen molar-refractivity contribution < 1.29 is 57.7 Å². The summed E-state index contributed by atoms with van der Waals surface area (Å²) in [6, 6.07) is 2.82. The molecule has 7 N–H and O–H groups in total.